The van der Waals surface area contributed by atoms with Crippen LogP contribution in [0.1, 0.15) is 20.3 Å². The van der Waals surface area contributed by atoms with Gasteiger partial charge in [0.2, 0.25) is 11.8 Å². The van der Waals surface area contributed by atoms with E-state index in [1.54, 1.807) is 19.9 Å². The van der Waals surface area contributed by atoms with Crippen molar-refractivity contribution in [1.82, 2.24) is 4.90 Å². The van der Waals surface area contributed by atoms with Crippen molar-refractivity contribution in [1.29, 1.82) is 5.26 Å². The Balaban J connectivity index is 4.34. The highest BCUT2D eigenvalue weighted by molar-refractivity contribution is 5.84. The number of carbonyl (C=O) groups is 2. The minimum Gasteiger partial charge on any atom is -0.368 e. The third-order valence-electron chi connectivity index (χ3n) is 1.50. The van der Waals surface area contributed by atoms with Gasteiger partial charge in [0.1, 0.15) is 6.42 Å². The fourth-order valence-corrected chi connectivity index (χ4v) is 0.896. The summed E-state index contributed by atoms with van der Waals surface area (Å²) in [6.45, 7) is 3.40. The molecule has 5 nitrogen and oxygen atoms in total. The molecule has 0 radical (unpaired) electrons. The molecule has 0 bridgehead atoms. The van der Waals surface area contributed by atoms with Crippen LogP contribution >= 0.6 is 0 Å². The first kappa shape index (κ1) is 11.4. The molecular formula is C8H13N3O2. The lowest BCUT2D eigenvalue weighted by Gasteiger charge is -2.24. The smallest absolute Gasteiger partial charge is 0.237 e. The largest absolute Gasteiger partial charge is 0.368 e. The van der Waals surface area contributed by atoms with Crippen LogP contribution in [-0.4, -0.2) is 29.3 Å². The fourth-order valence-electron chi connectivity index (χ4n) is 0.896. The molecule has 72 valence electrons. The van der Waals surface area contributed by atoms with Gasteiger partial charge < -0.3 is 10.6 Å². The lowest BCUT2D eigenvalue weighted by Crippen LogP contribution is -2.42. The zero-order chi connectivity index (χ0) is 10.4. The van der Waals surface area contributed by atoms with Crippen molar-refractivity contribution in [3.05, 3.63) is 0 Å². The molecule has 0 aliphatic rings. The zero-order valence-electron chi connectivity index (χ0n) is 7.78. The summed E-state index contributed by atoms with van der Waals surface area (Å²) in [6.07, 6.45) is -0.217. The number of rotatable bonds is 4. The number of hydrogen-bond donors (Lipinski definition) is 1. The van der Waals surface area contributed by atoms with Crippen LogP contribution in [0, 0.1) is 11.3 Å². The van der Waals surface area contributed by atoms with Gasteiger partial charge in [-0.3, -0.25) is 9.59 Å². The van der Waals surface area contributed by atoms with E-state index in [9.17, 15) is 9.59 Å². The van der Waals surface area contributed by atoms with Crippen LogP contribution in [-0.2, 0) is 9.59 Å². The normalized spacial score (nSPS) is 9.38. The number of nitrogens with two attached hydrogens (primary N) is 1. The molecule has 0 saturated heterocycles. The highest BCUT2D eigenvalue weighted by atomic mass is 16.2. The van der Waals surface area contributed by atoms with Crippen LogP contribution in [0.25, 0.3) is 0 Å². The maximum Gasteiger partial charge on any atom is 0.237 e. The molecule has 0 saturated carbocycles. The second kappa shape index (κ2) is 5.14. The van der Waals surface area contributed by atoms with E-state index in [4.69, 9.17) is 11.0 Å². The van der Waals surface area contributed by atoms with Gasteiger partial charge in [0, 0.05) is 6.04 Å². The third-order valence-corrected chi connectivity index (χ3v) is 1.50. The van der Waals surface area contributed by atoms with Crippen molar-refractivity contribution >= 4 is 11.8 Å². The van der Waals surface area contributed by atoms with Crippen LogP contribution in [0.3, 0.4) is 0 Å². The van der Waals surface area contributed by atoms with Crippen molar-refractivity contribution in [3.63, 3.8) is 0 Å². The first-order valence-corrected chi connectivity index (χ1v) is 3.93. The maximum atomic E-state index is 11.2. The molecule has 0 aliphatic heterocycles. The Kier molecular flexibility index (Phi) is 4.52. The quantitative estimate of drug-likeness (QED) is 0.644. The molecule has 13 heavy (non-hydrogen) atoms. The van der Waals surface area contributed by atoms with E-state index in [0.29, 0.717) is 0 Å². The second-order valence-corrected chi connectivity index (χ2v) is 2.92. The summed E-state index contributed by atoms with van der Waals surface area (Å²) in [5.74, 6) is -0.934. The topological polar surface area (TPSA) is 87.2 Å². The molecule has 0 aromatic heterocycles. The lowest BCUT2D eigenvalue weighted by molar-refractivity contribution is -0.136. The number of carbonyl (C=O) groups excluding carboxylic acids is 2. The Bertz CT molecular complexity index is 242. The van der Waals surface area contributed by atoms with Gasteiger partial charge in [0.25, 0.3) is 0 Å². The molecule has 5 heteroatoms. The molecule has 0 aromatic carbocycles. The Morgan fingerprint density at radius 2 is 2.08 bits per heavy atom. The van der Waals surface area contributed by atoms with E-state index in [0.717, 1.165) is 0 Å². The predicted octanol–water partition coefficient (Wildman–Crippen LogP) is -0.378. The highest BCUT2D eigenvalue weighted by Crippen LogP contribution is 2.00. The Labute approximate surface area is 77.1 Å². The molecule has 0 heterocycles. The minimum absolute atomic E-state index is 0.117. The van der Waals surface area contributed by atoms with Gasteiger partial charge in [-0.25, -0.2) is 0 Å². The molecule has 0 spiro atoms. The van der Waals surface area contributed by atoms with Crippen molar-refractivity contribution < 1.29 is 9.59 Å². The summed E-state index contributed by atoms with van der Waals surface area (Å²) < 4.78 is 0. The van der Waals surface area contributed by atoms with Crippen LogP contribution in [0.15, 0.2) is 0 Å². The van der Waals surface area contributed by atoms with Crippen LogP contribution in [0.4, 0.5) is 0 Å². The Morgan fingerprint density at radius 3 is 2.38 bits per heavy atom. The maximum absolute atomic E-state index is 11.2. The number of hydrogen-bond acceptors (Lipinski definition) is 3. The Hall–Kier alpha value is -1.57. The number of nitriles is 1. The van der Waals surface area contributed by atoms with Crippen molar-refractivity contribution in [2.24, 2.45) is 5.73 Å². The van der Waals surface area contributed by atoms with Crippen LogP contribution in [0.5, 0.6) is 0 Å². The summed E-state index contributed by atoms with van der Waals surface area (Å²) in [5.41, 5.74) is 4.95. The van der Waals surface area contributed by atoms with E-state index in [1.165, 1.54) is 4.90 Å². The molecule has 2 N–H and O–H groups in total. The van der Waals surface area contributed by atoms with Gasteiger partial charge in [-0.05, 0) is 13.8 Å². The van der Waals surface area contributed by atoms with E-state index >= 15 is 0 Å². The number of primary amides is 1. The van der Waals surface area contributed by atoms with Crippen molar-refractivity contribution in [3.8, 4) is 6.07 Å². The summed E-state index contributed by atoms with van der Waals surface area (Å²) in [7, 11) is 0. The first-order chi connectivity index (χ1) is 5.99. The minimum atomic E-state index is -0.569. The van der Waals surface area contributed by atoms with Gasteiger partial charge in [0.15, 0.2) is 0 Å². The molecule has 0 aliphatic carbocycles. The highest BCUT2D eigenvalue weighted by Gasteiger charge is 2.17. The number of nitrogens with zero attached hydrogens (tertiary/aromatic N) is 2. The average molecular weight is 183 g/mol. The molecule has 0 fully saturated rings. The third kappa shape index (κ3) is 4.11. The molecule has 0 unspecified atom stereocenters. The summed E-state index contributed by atoms with van der Waals surface area (Å²) in [5, 5.41) is 8.29. The van der Waals surface area contributed by atoms with Gasteiger partial charge >= 0.3 is 0 Å². The van der Waals surface area contributed by atoms with Crippen LogP contribution in [0.2, 0.25) is 0 Å². The van der Waals surface area contributed by atoms with Crippen molar-refractivity contribution in [2.45, 2.75) is 26.3 Å². The standard InChI is InChI=1S/C8H13N3O2/c1-6(2)11(5-7(10)12)8(13)3-4-9/h6H,3,5H2,1-2H3,(H2,10,12). The van der Waals surface area contributed by atoms with E-state index < -0.39 is 5.91 Å². The summed E-state index contributed by atoms with van der Waals surface area (Å²) in [4.78, 5) is 23.1. The lowest BCUT2D eigenvalue weighted by atomic mass is 10.2. The zero-order valence-corrected chi connectivity index (χ0v) is 7.78. The molecule has 0 aromatic rings. The molecule has 2 amide bonds. The van der Waals surface area contributed by atoms with E-state index in [-0.39, 0.29) is 24.9 Å². The van der Waals surface area contributed by atoms with E-state index in [1.807, 2.05) is 0 Å². The molecule has 0 rings (SSSR count). The first-order valence-electron chi connectivity index (χ1n) is 3.93. The Morgan fingerprint density at radius 1 is 1.54 bits per heavy atom. The summed E-state index contributed by atoms with van der Waals surface area (Å²) in [6, 6.07) is 1.62. The van der Waals surface area contributed by atoms with Crippen LogP contribution < -0.4 is 5.73 Å². The number of amides is 2. The van der Waals surface area contributed by atoms with Gasteiger partial charge in [-0.2, -0.15) is 5.26 Å². The fraction of sp³-hybridized carbons (Fsp3) is 0.625. The SMILES string of the molecule is CC(C)N(CC(N)=O)C(=O)CC#N. The molecular weight excluding hydrogens is 170 g/mol. The van der Waals surface area contributed by atoms with E-state index in [2.05, 4.69) is 0 Å². The average Bonchev–Trinajstić information content (AvgIpc) is 1.99. The van der Waals surface area contributed by atoms with Gasteiger partial charge in [-0.1, -0.05) is 0 Å². The summed E-state index contributed by atoms with van der Waals surface area (Å²) >= 11 is 0. The monoisotopic (exact) mass is 183 g/mol. The predicted molar refractivity (Wildman–Crippen MR) is 46.3 cm³/mol. The second-order valence-electron chi connectivity index (χ2n) is 2.92. The van der Waals surface area contributed by atoms with Gasteiger partial charge in [-0.15, -0.1) is 0 Å². The van der Waals surface area contributed by atoms with Gasteiger partial charge in [0.05, 0.1) is 12.6 Å². The molecule has 0 atom stereocenters. The van der Waals surface area contributed by atoms with Crippen molar-refractivity contribution in [2.75, 3.05) is 6.54 Å².